The van der Waals surface area contributed by atoms with Crippen molar-refractivity contribution in [3.8, 4) is 0 Å². The average Bonchev–Trinajstić information content (AvgIpc) is 2.79. The second-order valence-corrected chi connectivity index (χ2v) is 6.06. The molecule has 2 rings (SSSR count). The quantitative estimate of drug-likeness (QED) is 0.816. The molecule has 2 aliphatic rings. The van der Waals surface area contributed by atoms with Crippen LogP contribution in [0.4, 0.5) is 0 Å². The van der Waals surface area contributed by atoms with Crippen LogP contribution in [0.1, 0.15) is 26.2 Å². The average molecular weight is 270 g/mol. The first-order chi connectivity index (χ1) is 9.05. The number of ether oxygens (including phenoxy) is 2. The van der Waals surface area contributed by atoms with Gasteiger partial charge in [0.25, 0.3) is 0 Å². The number of nitrogens with two attached hydrogens (primary N) is 1. The summed E-state index contributed by atoms with van der Waals surface area (Å²) in [6.45, 7) is 3.45. The number of carbonyl (C=O) groups is 1. The number of rotatable bonds is 3. The summed E-state index contributed by atoms with van der Waals surface area (Å²) < 4.78 is 10.8. The van der Waals surface area contributed by atoms with Crippen LogP contribution in [0.5, 0.6) is 0 Å². The predicted molar refractivity (Wildman–Crippen MR) is 72.7 cm³/mol. The van der Waals surface area contributed by atoms with E-state index >= 15 is 0 Å². The van der Waals surface area contributed by atoms with Gasteiger partial charge in [-0.25, -0.2) is 0 Å². The van der Waals surface area contributed by atoms with Crippen LogP contribution in [-0.2, 0) is 14.3 Å². The van der Waals surface area contributed by atoms with E-state index in [1.165, 1.54) is 0 Å². The van der Waals surface area contributed by atoms with E-state index in [1.807, 2.05) is 4.90 Å². The monoisotopic (exact) mass is 270 g/mol. The molecule has 2 fully saturated rings. The number of amides is 1. The molecule has 1 saturated heterocycles. The molecular weight excluding hydrogens is 244 g/mol. The van der Waals surface area contributed by atoms with Crippen LogP contribution >= 0.6 is 0 Å². The fourth-order valence-electron chi connectivity index (χ4n) is 3.49. The van der Waals surface area contributed by atoms with E-state index in [1.54, 1.807) is 14.2 Å². The molecular formula is C14H26N2O3. The summed E-state index contributed by atoms with van der Waals surface area (Å²) in [5.74, 6) is 0.840. The van der Waals surface area contributed by atoms with E-state index in [0.717, 1.165) is 19.3 Å². The molecule has 5 atom stereocenters. The molecule has 1 aliphatic carbocycles. The number of methoxy groups -OCH3 is 2. The smallest absolute Gasteiger partial charge is 0.225 e. The molecule has 0 spiro atoms. The van der Waals surface area contributed by atoms with E-state index in [-0.39, 0.29) is 30.1 Å². The first-order valence-electron chi connectivity index (χ1n) is 7.15. The zero-order valence-corrected chi connectivity index (χ0v) is 12.2. The van der Waals surface area contributed by atoms with Crippen molar-refractivity contribution < 1.29 is 14.3 Å². The number of carbonyl (C=O) groups excluding carboxylic acids is 1. The molecule has 1 amide bonds. The Morgan fingerprint density at radius 2 is 1.68 bits per heavy atom. The summed E-state index contributed by atoms with van der Waals surface area (Å²) in [5, 5.41) is 0. The Morgan fingerprint density at radius 1 is 1.11 bits per heavy atom. The van der Waals surface area contributed by atoms with Crippen molar-refractivity contribution in [1.29, 1.82) is 0 Å². The Kier molecular flexibility index (Phi) is 4.81. The first kappa shape index (κ1) is 14.8. The maximum absolute atomic E-state index is 12.6. The highest BCUT2D eigenvalue weighted by molar-refractivity contribution is 5.79. The fraction of sp³-hybridized carbons (Fsp3) is 0.929. The number of likely N-dealkylation sites (tertiary alicyclic amines) is 1. The van der Waals surface area contributed by atoms with Crippen molar-refractivity contribution in [1.82, 2.24) is 4.90 Å². The maximum Gasteiger partial charge on any atom is 0.225 e. The van der Waals surface area contributed by atoms with Gasteiger partial charge in [0.05, 0.1) is 0 Å². The first-order valence-corrected chi connectivity index (χ1v) is 7.15. The van der Waals surface area contributed by atoms with Crippen molar-refractivity contribution in [2.45, 2.75) is 44.4 Å². The Bertz CT molecular complexity index is 302. The van der Waals surface area contributed by atoms with E-state index in [9.17, 15) is 4.79 Å². The molecule has 0 radical (unpaired) electrons. The highest BCUT2D eigenvalue weighted by atomic mass is 16.5. The van der Waals surface area contributed by atoms with E-state index in [4.69, 9.17) is 15.2 Å². The fourth-order valence-corrected chi connectivity index (χ4v) is 3.49. The summed E-state index contributed by atoms with van der Waals surface area (Å²) in [6, 6.07) is 0.164. The number of hydrogen-bond donors (Lipinski definition) is 1. The summed E-state index contributed by atoms with van der Waals surface area (Å²) in [6.07, 6.45) is 2.78. The minimum atomic E-state index is -0.0105. The summed E-state index contributed by atoms with van der Waals surface area (Å²) in [7, 11) is 3.34. The topological polar surface area (TPSA) is 64.8 Å². The lowest BCUT2D eigenvalue weighted by Gasteiger charge is -2.32. The highest BCUT2D eigenvalue weighted by Gasteiger charge is 2.39. The largest absolute Gasteiger partial charge is 0.377 e. The molecule has 0 aromatic carbocycles. The Balaban J connectivity index is 1.96. The van der Waals surface area contributed by atoms with Crippen LogP contribution in [0.25, 0.3) is 0 Å². The summed E-state index contributed by atoms with van der Waals surface area (Å²) in [5.41, 5.74) is 6.04. The normalized spacial score (nSPS) is 39.6. The van der Waals surface area contributed by atoms with Gasteiger partial charge in [0.2, 0.25) is 5.91 Å². The van der Waals surface area contributed by atoms with Gasteiger partial charge in [-0.2, -0.15) is 0 Å². The van der Waals surface area contributed by atoms with Crippen molar-refractivity contribution >= 4 is 5.91 Å². The van der Waals surface area contributed by atoms with Crippen molar-refractivity contribution in [3.05, 3.63) is 0 Å². The molecule has 19 heavy (non-hydrogen) atoms. The van der Waals surface area contributed by atoms with Gasteiger partial charge in [0, 0.05) is 39.3 Å². The Labute approximate surface area is 115 Å². The predicted octanol–water partition coefficient (Wildman–Crippen LogP) is 0.622. The second-order valence-electron chi connectivity index (χ2n) is 6.06. The molecule has 1 saturated carbocycles. The van der Waals surface area contributed by atoms with Gasteiger partial charge >= 0.3 is 0 Å². The molecule has 0 aromatic rings. The van der Waals surface area contributed by atoms with Crippen LogP contribution in [0.15, 0.2) is 0 Å². The van der Waals surface area contributed by atoms with Gasteiger partial charge in [0.1, 0.15) is 12.2 Å². The van der Waals surface area contributed by atoms with E-state index in [2.05, 4.69) is 6.92 Å². The minimum Gasteiger partial charge on any atom is -0.377 e. The lowest BCUT2D eigenvalue weighted by molar-refractivity contribution is -0.136. The zero-order valence-electron chi connectivity index (χ0n) is 12.2. The molecule has 2 N–H and O–H groups in total. The lowest BCUT2D eigenvalue weighted by Crippen LogP contribution is -2.42. The van der Waals surface area contributed by atoms with E-state index in [0.29, 0.717) is 19.0 Å². The summed E-state index contributed by atoms with van der Waals surface area (Å²) >= 11 is 0. The van der Waals surface area contributed by atoms with Gasteiger partial charge in [0.15, 0.2) is 0 Å². The second kappa shape index (κ2) is 6.20. The van der Waals surface area contributed by atoms with Gasteiger partial charge in [-0.15, -0.1) is 0 Å². The van der Waals surface area contributed by atoms with Crippen LogP contribution in [-0.4, -0.2) is 56.4 Å². The Hall–Kier alpha value is -0.650. The van der Waals surface area contributed by atoms with Crippen LogP contribution in [0, 0.1) is 11.8 Å². The van der Waals surface area contributed by atoms with Crippen LogP contribution in [0.2, 0.25) is 0 Å². The van der Waals surface area contributed by atoms with Gasteiger partial charge < -0.3 is 20.1 Å². The van der Waals surface area contributed by atoms with Gasteiger partial charge in [-0.3, -0.25) is 4.79 Å². The standard InChI is InChI=1S/C14H26N2O3/c1-9-4-10(6-11(15)5-9)14(17)16-7-12(18-2)13(8-16)19-3/h9-13H,4-8,15H2,1-3H3. The van der Waals surface area contributed by atoms with Crippen molar-refractivity contribution in [2.75, 3.05) is 27.3 Å². The van der Waals surface area contributed by atoms with E-state index < -0.39 is 0 Å². The van der Waals surface area contributed by atoms with Gasteiger partial charge in [-0.05, 0) is 25.2 Å². The lowest BCUT2D eigenvalue weighted by atomic mass is 9.79. The third-order valence-corrected chi connectivity index (χ3v) is 4.46. The maximum atomic E-state index is 12.6. The molecule has 1 heterocycles. The summed E-state index contributed by atoms with van der Waals surface area (Å²) in [4.78, 5) is 14.5. The molecule has 110 valence electrons. The molecule has 1 aliphatic heterocycles. The Morgan fingerprint density at radius 3 is 2.16 bits per heavy atom. The number of nitrogens with zero attached hydrogens (tertiary/aromatic N) is 1. The third kappa shape index (κ3) is 3.27. The molecule has 0 aromatic heterocycles. The molecule has 5 heteroatoms. The van der Waals surface area contributed by atoms with Crippen molar-refractivity contribution in [3.63, 3.8) is 0 Å². The minimum absolute atomic E-state index is 0.0105. The molecule has 5 nitrogen and oxygen atoms in total. The molecule has 5 unspecified atom stereocenters. The molecule has 0 bridgehead atoms. The third-order valence-electron chi connectivity index (χ3n) is 4.46. The SMILES string of the molecule is COC1CN(C(=O)C2CC(C)CC(N)C2)CC1OC. The number of hydrogen-bond acceptors (Lipinski definition) is 4. The van der Waals surface area contributed by atoms with Gasteiger partial charge in [-0.1, -0.05) is 6.92 Å². The van der Waals surface area contributed by atoms with Crippen molar-refractivity contribution in [2.24, 2.45) is 17.6 Å². The highest BCUT2D eigenvalue weighted by Crippen LogP contribution is 2.30. The van der Waals surface area contributed by atoms with Crippen LogP contribution < -0.4 is 5.73 Å². The van der Waals surface area contributed by atoms with Crippen LogP contribution in [0.3, 0.4) is 0 Å². The zero-order chi connectivity index (χ0) is 14.0.